The summed E-state index contributed by atoms with van der Waals surface area (Å²) in [5, 5.41) is 3.39. The number of nitrogens with zero attached hydrogens (tertiary/aromatic N) is 1. The van der Waals surface area contributed by atoms with Crippen molar-refractivity contribution in [1.29, 1.82) is 0 Å². The van der Waals surface area contributed by atoms with Crippen LogP contribution in [0.4, 0.5) is 0 Å². The molecule has 14 heavy (non-hydrogen) atoms. The van der Waals surface area contributed by atoms with Crippen LogP contribution in [0.1, 0.15) is 44.9 Å². The highest BCUT2D eigenvalue weighted by Crippen LogP contribution is 2.23. The van der Waals surface area contributed by atoms with Crippen LogP contribution in [0.25, 0.3) is 0 Å². The van der Waals surface area contributed by atoms with E-state index in [2.05, 4.69) is 15.7 Å². The van der Waals surface area contributed by atoms with Crippen LogP contribution in [0, 0.1) is 0 Å². The predicted molar refractivity (Wildman–Crippen MR) is 57.8 cm³/mol. The highest BCUT2D eigenvalue weighted by Gasteiger charge is 2.22. The first-order valence-corrected chi connectivity index (χ1v) is 5.69. The summed E-state index contributed by atoms with van der Waals surface area (Å²) in [5.41, 5.74) is 2.66. The van der Waals surface area contributed by atoms with E-state index in [0.29, 0.717) is 12.1 Å². The summed E-state index contributed by atoms with van der Waals surface area (Å²) < 4.78 is 0. The fraction of sp³-hybridized carbons (Fsp3) is 0.900. The van der Waals surface area contributed by atoms with E-state index < -0.39 is 0 Å². The van der Waals surface area contributed by atoms with Crippen molar-refractivity contribution in [1.82, 2.24) is 10.7 Å². The molecule has 4 N–H and O–H groups in total. The first-order chi connectivity index (χ1) is 6.88. The SMILES string of the molecule is NNC(=NC1CC1)NC1CCCCC1. The molecule has 2 aliphatic rings. The first kappa shape index (κ1) is 9.77. The zero-order valence-corrected chi connectivity index (χ0v) is 8.63. The fourth-order valence-corrected chi connectivity index (χ4v) is 1.94. The molecule has 80 valence electrons. The summed E-state index contributed by atoms with van der Waals surface area (Å²) in [7, 11) is 0. The average molecular weight is 196 g/mol. The molecule has 0 heterocycles. The number of nitrogens with two attached hydrogens (primary N) is 1. The zero-order valence-electron chi connectivity index (χ0n) is 8.63. The van der Waals surface area contributed by atoms with Gasteiger partial charge in [-0.25, -0.2) is 10.8 Å². The normalized spacial score (nSPS) is 24.8. The number of aliphatic imine (C=N–C) groups is 1. The molecule has 0 aromatic carbocycles. The van der Waals surface area contributed by atoms with Crippen LogP contribution < -0.4 is 16.6 Å². The lowest BCUT2D eigenvalue weighted by Gasteiger charge is -2.24. The molecular weight excluding hydrogens is 176 g/mol. The molecular formula is C10H20N4. The van der Waals surface area contributed by atoms with Gasteiger partial charge in [-0.2, -0.15) is 0 Å². The molecule has 4 nitrogen and oxygen atoms in total. The maximum absolute atomic E-state index is 5.42. The highest BCUT2D eigenvalue weighted by atomic mass is 15.3. The molecule has 0 spiro atoms. The van der Waals surface area contributed by atoms with Gasteiger partial charge in [-0.05, 0) is 25.7 Å². The van der Waals surface area contributed by atoms with Gasteiger partial charge in [-0.15, -0.1) is 0 Å². The van der Waals surface area contributed by atoms with Crippen molar-refractivity contribution in [3.05, 3.63) is 0 Å². The number of rotatable bonds is 2. The number of hydrazine groups is 1. The molecule has 0 saturated heterocycles. The third kappa shape index (κ3) is 2.87. The van der Waals surface area contributed by atoms with Gasteiger partial charge in [0.05, 0.1) is 6.04 Å². The maximum Gasteiger partial charge on any atom is 0.206 e. The van der Waals surface area contributed by atoms with Gasteiger partial charge in [0.2, 0.25) is 5.96 Å². The molecule has 0 amide bonds. The molecule has 0 aromatic heterocycles. The highest BCUT2D eigenvalue weighted by molar-refractivity contribution is 5.79. The average Bonchev–Trinajstić information content (AvgIpc) is 3.02. The summed E-state index contributed by atoms with van der Waals surface area (Å²) in [4.78, 5) is 4.47. The number of hydrogen-bond donors (Lipinski definition) is 3. The van der Waals surface area contributed by atoms with E-state index >= 15 is 0 Å². The molecule has 2 rings (SSSR count). The van der Waals surface area contributed by atoms with Crippen molar-refractivity contribution < 1.29 is 0 Å². The smallest absolute Gasteiger partial charge is 0.206 e. The molecule has 0 aliphatic heterocycles. The minimum Gasteiger partial charge on any atom is -0.353 e. The lowest BCUT2D eigenvalue weighted by atomic mass is 9.96. The Bertz CT molecular complexity index is 204. The standard InChI is InChI=1S/C10H20N4/c11-14-10(13-9-6-7-9)12-8-4-2-1-3-5-8/h8-9H,1-7,11H2,(H2,12,13,14). The monoisotopic (exact) mass is 196 g/mol. The summed E-state index contributed by atoms with van der Waals surface area (Å²) in [5.74, 6) is 6.21. The molecule has 2 saturated carbocycles. The van der Waals surface area contributed by atoms with Gasteiger partial charge >= 0.3 is 0 Å². The second-order valence-electron chi connectivity index (χ2n) is 4.33. The van der Waals surface area contributed by atoms with Gasteiger partial charge in [0.15, 0.2) is 0 Å². The Labute approximate surface area is 85.3 Å². The van der Waals surface area contributed by atoms with Crippen LogP contribution in [0.5, 0.6) is 0 Å². The molecule has 2 aliphatic carbocycles. The van der Waals surface area contributed by atoms with Crippen molar-refractivity contribution in [3.8, 4) is 0 Å². The molecule has 0 bridgehead atoms. The molecule has 0 aromatic rings. The quantitative estimate of drug-likeness (QED) is 0.266. The van der Waals surface area contributed by atoms with E-state index in [1.54, 1.807) is 0 Å². The van der Waals surface area contributed by atoms with Crippen LogP contribution >= 0.6 is 0 Å². The van der Waals surface area contributed by atoms with E-state index in [-0.39, 0.29) is 0 Å². The van der Waals surface area contributed by atoms with E-state index in [1.165, 1.54) is 44.9 Å². The fourth-order valence-electron chi connectivity index (χ4n) is 1.94. The van der Waals surface area contributed by atoms with Crippen molar-refractivity contribution in [2.75, 3.05) is 0 Å². The molecule has 4 heteroatoms. The maximum atomic E-state index is 5.42. The third-order valence-electron chi connectivity index (χ3n) is 2.94. The van der Waals surface area contributed by atoms with Crippen LogP contribution in [0.2, 0.25) is 0 Å². The van der Waals surface area contributed by atoms with Crippen LogP contribution in [-0.2, 0) is 0 Å². The minimum atomic E-state index is 0.525. The number of guanidine groups is 1. The predicted octanol–water partition coefficient (Wildman–Crippen LogP) is 0.890. The minimum absolute atomic E-state index is 0.525. The summed E-state index contributed by atoms with van der Waals surface area (Å²) in [6, 6.07) is 1.11. The second-order valence-corrected chi connectivity index (χ2v) is 4.33. The van der Waals surface area contributed by atoms with Gasteiger partial charge in [-0.3, -0.25) is 5.43 Å². The first-order valence-electron chi connectivity index (χ1n) is 5.69. The van der Waals surface area contributed by atoms with Crippen molar-refractivity contribution in [3.63, 3.8) is 0 Å². The lowest BCUT2D eigenvalue weighted by molar-refractivity contribution is 0.410. The third-order valence-corrected chi connectivity index (χ3v) is 2.94. The Morgan fingerprint density at radius 2 is 1.79 bits per heavy atom. The van der Waals surface area contributed by atoms with E-state index in [0.717, 1.165) is 5.96 Å². The Morgan fingerprint density at radius 3 is 2.36 bits per heavy atom. The largest absolute Gasteiger partial charge is 0.353 e. The summed E-state index contributed by atoms with van der Waals surface area (Å²) in [6.45, 7) is 0. The van der Waals surface area contributed by atoms with Crippen LogP contribution in [0.15, 0.2) is 4.99 Å². The zero-order chi connectivity index (χ0) is 9.80. The number of hydrogen-bond acceptors (Lipinski definition) is 2. The molecule has 2 fully saturated rings. The van der Waals surface area contributed by atoms with Gasteiger partial charge in [0, 0.05) is 6.04 Å². The molecule has 0 atom stereocenters. The van der Waals surface area contributed by atoms with Gasteiger partial charge in [0.25, 0.3) is 0 Å². The topological polar surface area (TPSA) is 62.4 Å². The van der Waals surface area contributed by atoms with Crippen LogP contribution in [-0.4, -0.2) is 18.0 Å². The Morgan fingerprint density at radius 1 is 1.07 bits per heavy atom. The lowest BCUT2D eigenvalue weighted by Crippen LogP contribution is -2.47. The Balaban J connectivity index is 1.80. The van der Waals surface area contributed by atoms with Crippen molar-refractivity contribution in [2.24, 2.45) is 10.8 Å². The van der Waals surface area contributed by atoms with Gasteiger partial charge in [-0.1, -0.05) is 19.3 Å². The van der Waals surface area contributed by atoms with E-state index in [4.69, 9.17) is 5.84 Å². The molecule has 0 unspecified atom stereocenters. The summed E-state index contributed by atoms with van der Waals surface area (Å²) >= 11 is 0. The van der Waals surface area contributed by atoms with Gasteiger partial charge in [0.1, 0.15) is 0 Å². The van der Waals surface area contributed by atoms with Crippen molar-refractivity contribution in [2.45, 2.75) is 57.0 Å². The second kappa shape index (κ2) is 4.64. The molecule has 0 radical (unpaired) electrons. The van der Waals surface area contributed by atoms with Gasteiger partial charge < -0.3 is 5.32 Å². The van der Waals surface area contributed by atoms with E-state index in [1.807, 2.05) is 0 Å². The summed E-state index contributed by atoms with van der Waals surface area (Å²) in [6.07, 6.45) is 8.99. The Hall–Kier alpha value is -0.770. The van der Waals surface area contributed by atoms with E-state index in [9.17, 15) is 0 Å². The van der Waals surface area contributed by atoms with Crippen molar-refractivity contribution >= 4 is 5.96 Å². The number of nitrogens with one attached hydrogen (secondary N) is 2. The Kier molecular flexibility index (Phi) is 3.24. The van der Waals surface area contributed by atoms with Crippen LogP contribution in [0.3, 0.4) is 0 Å².